The molecular weight excluding hydrogens is 216 g/mol. The summed E-state index contributed by atoms with van der Waals surface area (Å²) in [5.74, 6) is 1.39. The van der Waals surface area contributed by atoms with Crippen LogP contribution < -0.4 is 10.6 Å². The van der Waals surface area contributed by atoms with Crippen molar-refractivity contribution < 1.29 is 4.42 Å². The fraction of sp³-hybridized carbons (Fsp3) is 0.833. The number of nitrogens with zero attached hydrogens (tertiary/aromatic N) is 3. The van der Waals surface area contributed by atoms with Crippen LogP contribution in [-0.2, 0) is 0 Å². The van der Waals surface area contributed by atoms with Gasteiger partial charge in [0.25, 0.3) is 0 Å². The molecule has 2 heterocycles. The van der Waals surface area contributed by atoms with Gasteiger partial charge in [0.2, 0.25) is 5.89 Å². The van der Waals surface area contributed by atoms with Crippen molar-refractivity contribution in [2.45, 2.75) is 45.6 Å². The van der Waals surface area contributed by atoms with E-state index >= 15 is 0 Å². The summed E-state index contributed by atoms with van der Waals surface area (Å²) in [6.07, 6.45) is 5.07. The summed E-state index contributed by atoms with van der Waals surface area (Å²) in [6, 6.07) is 0.445. The summed E-state index contributed by atoms with van der Waals surface area (Å²) in [6.45, 7) is 6.14. The Morgan fingerprint density at radius 2 is 2.12 bits per heavy atom. The molecule has 1 unspecified atom stereocenters. The van der Waals surface area contributed by atoms with Gasteiger partial charge in [-0.05, 0) is 25.7 Å². The molecule has 2 rings (SSSR count). The summed E-state index contributed by atoms with van der Waals surface area (Å²) in [4.78, 5) is 2.17. The zero-order valence-electron chi connectivity index (χ0n) is 10.7. The van der Waals surface area contributed by atoms with Gasteiger partial charge in [-0.3, -0.25) is 0 Å². The van der Waals surface area contributed by atoms with Crippen LogP contribution in [0.2, 0.25) is 0 Å². The zero-order chi connectivity index (χ0) is 12.3. The lowest BCUT2D eigenvalue weighted by Gasteiger charge is -2.30. The van der Waals surface area contributed by atoms with Crippen LogP contribution in [-0.4, -0.2) is 23.3 Å². The Balaban J connectivity index is 1.91. The van der Waals surface area contributed by atoms with Gasteiger partial charge in [-0.2, -0.15) is 0 Å². The van der Waals surface area contributed by atoms with Crippen molar-refractivity contribution in [2.75, 3.05) is 18.0 Å². The lowest BCUT2D eigenvalue weighted by molar-refractivity contribution is 0.360. The molecule has 1 aromatic rings. The molecule has 1 aromatic heterocycles. The van der Waals surface area contributed by atoms with Crippen LogP contribution in [0.1, 0.15) is 51.5 Å². The fourth-order valence-corrected chi connectivity index (χ4v) is 2.36. The summed E-state index contributed by atoms with van der Waals surface area (Å²) in [5, 5.41) is 8.02. The van der Waals surface area contributed by atoms with Crippen molar-refractivity contribution in [3.63, 3.8) is 0 Å². The monoisotopic (exact) mass is 238 g/mol. The molecule has 0 aliphatic carbocycles. The minimum absolute atomic E-state index is 0.186. The highest BCUT2D eigenvalue weighted by atomic mass is 16.4. The average molecular weight is 238 g/mol. The van der Waals surface area contributed by atoms with Gasteiger partial charge in [0.15, 0.2) is 0 Å². The van der Waals surface area contributed by atoms with E-state index in [0.29, 0.717) is 11.9 Å². The third-order valence-electron chi connectivity index (χ3n) is 3.40. The van der Waals surface area contributed by atoms with Crippen LogP contribution >= 0.6 is 0 Å². The lowest BCUT2D eigenvalue weighted by atomic mass is 9.93. The highest BCUT2D eigenvalue weighted by Crippen LogP contribution is 2.25. The number of nitrogens with two attached hydrogens (primary N) is 1. The van der Waals surface area contributed by atoms with Crippen molar-refractivity contribution in [1.29, 1.82) is 0 Å². The molecule has 96 valence electrons. The Bertz CT molecular complexity index is 342. The average Bonchev–Trinajstić information content (AvgIpc) is 2.80. The van der Waals surface area contributed by atoms with Crippen LogP contribution in [0.4, 0.5) is 6.01 Å². The van der Waals surface area contributed by atoms with Crippen molar-refractivity contribution in [3.8, 4) is 0 Å². The highest BCUT2D eigenvalue weighted by Gasteiger charge is 2.22. The highest BCUT2D eigenvalue weighted by molar-refractivity contribution is 5.25. The first-order valence-corrected chi connectivity index (χ1v) is 6.54. The van der Waals surface area contributed by atoms with Gasteiger partial charge in [-0.15, -0.1) is 5.10 Å². The Labute approximate surface area is 102 Å². The van der Waals surface area contributed by atoms with Crippen LogP contribution in [0.15, 0.2) is 4.42 Å². The SMILES string of the molecule is CCCC1CCN(c2nnc(C(C)N)o2)CC1. The minimum atomic E-state index is -0.186. The number of hydrogen-bond acceptors (Lipinski definition) is 5. The molecule has 0 radical (unpaired) electrons. The molecular formula is C12H22N4O. The Kier molecular flexibility index (Phi) is 3.99. The van der Waals surface area contributed by atoms with Gasteiger partial charge in [-0.1, -0.05) is 24.9 Å². The third kappa shape index (κ3) is 2.97. The second-order valence-electron chi connectivity index (χ2n) is 4.93. The normalized spacial score (nSPS) is 19.6. The standard InChI is InChI=1S/C12H22N4O/c1-3-4-10-5-7-16(8-6-10)12-15-14-11(17-12)9(2)13/h9-10H,3-8,13H2,1-2H3. The molecule has 1 fully saturated rings. The molecule has 5 heteroatoms. The van der Waals surface area contributed by atoms with Crippen LogP contribution in [0.25, 0.3) is 0 Å². The van der Waals surface area contributed by atoms with E-state index in [1.807, 2.05) is 6.92 Å². The first kappa shape index (κ1) is 12.4. The molecule has 0 spiro atoms. The number of piperidine rings is 1. The Morgan fingerprint density at radius 1 is 1.41 bits per heavy atom. The molecule has 0 bridgehead atoms. The third-order valence-corrected chi connectivity index (χ3v) is 3.40. The molecule has 5 nitrogen and oxygen atoms in total. The predicted molar refractivity (Wildman–Crippen MR) is 66.7 cm³/mol. The van der Waals surface area contributed by atoms with E-state index < -0.39 is 0 Å². The van der Waals surface area contributed by atoms with E-state index in [9.17, 15) is 0 Å². The first-order chi connectivity index (χ1) is 8.20. The van der Waals surface area contributed by atoms with Crippen LogP contribution in [0.5, 0.6) is 0 Å². The van der Waals surface area contributed by atoms with Crippen LogP contribution in [0.3, 0.4) is 0 Å². The number of rotatable bonds is 4. The van der Waals surface area contributed by atoms with Crippen LogP contribution in [0, 0.1) is 5.92 Å². The Hall–Kier alpha value is -1.10. The van der Waals surface area contributed by atoms with Gasteiger partial charge in [0.1, 0.15) is 0 Å². The summed E-state index contributed by atoms with van der Waals surface area (Å²) >= 11 is 0. The van der Waals surface area contributed by atoms with E-state index in [1.54, 1.807) is 0 Å². The number of aromatic nitrogens is 2. The molecule has 0 saturated carbocycles. The first-order valence-electron chi connectivity index (χ1n) is 6.54. The summed E-state index contributed by atoms with van der Waals surface area (Å²) in [7, 11) is 0. The van der Waals surface area contributed by atoms with Crippen molar-refractivity contribution in [1.82, 2.24) is 10.2 Å². The predicted octanol–water partition coefficient (Wildman–Crippen LogP) is 2.11. The maximum atomic E-state index is 5.70. The van der Waals surface area contributed by atoms with E-state index in [-0.39, 0.29) is 6.04 Å². The van der Waals surface area contributed by atoms with Crippen molar-refractivity contribution >= 4 is 6.01 Å². The van der Waals surface area contributed by atoms with Gasteiger partial charge in [0, 0.05) is 13.1 Å². The maximum Gasteiger partial charge on any atom is 0.318 e. The molecule has 0 aromatic carbocycles. The fourth-order valence-electron chi connectivity index (χ4n) is 2.36. The second-order valence-corrected chi connectivity index (χ2v) is 4.93. The van der Waals surface area contributed by atoms with E-state index in [0.717, 1.165) is 19.0 Å². The molecule has 2 N–H and O–H groups in total. The second kappa shape index (κ2) is 5.49. The number of anilines is 1. The summed E-state index contributed by atoms with van der Waals surface area (Å²) < 4.78 is 5.56. The van der Waals surface area contributed by atoms with Gasteiger partial charge in [-0.25, -0.2) is 0 Å². The number of hydrogen-bond donors (Lipinski definition) is 1. The van der Waals surface area contributed by atoms with Crippen molar-refractivity contribution in [3.05, 3.63) is 5.89 Å². The quantitative estimate of drug-likeness (QED) is 0.870. The topological polar surface area (TPSA) is 68.2 Å². The largest absolute Gasteiger partial charge is 0.406 e. The van der Waals surface area contributed by atoms with E-state index in [1.165, 1.54) is 25.7 Å². The molecule has 1 saturated heterocycles. The molecule has 1 aliphatic rings. The maximum absolute atomic E-state index is 5.70. The zero-order valence-corrected chi connectivity index (χ0v) is 10.7. The van der Waals surface area contributed by atoms with Crippen molar-refractivity contribution in [2.24, 2.45) is 11.7 Å². The lowest BCUT2D eigenvalue weighted by Crippen LogP contribution is -2.33. The molecule has 0 amide bonds. The Morgan fingerprint density at radius 3 is 2.65 bits per heavy atom. The van der Waals surface area contributed by atoms with Gasteiger partial charge >= 0.3 is 6.01 Å². The molecule has 1 aliphatic heterocycles. The smallest absolute Gasteiger partial charge is 0.318 e. The van der Waals surface area contributed by atoms with Gasteiger partial charge in [0.05, 0.1) is 6.04 Å². The summed E-state index contributed by atoms with van der Waals surface area (Å²) in [5.41, 5.74) is 5.70. The minimum Gasteiger partial charge on any atom is -0.406 e. The van der Waals surface area contributed by atoms with E-state index in [4.69, 9.17) is 10.2 Å². The van der Waals surface area contributed by atoms with E-state index in [2.05, 4.69) is 22.0 Å². The molecule has 17 heavy (non-hydrogen) atoms. The molecule has 1 atom stereocenters. The van der Waals surface area contributed by atoms with Gasteiger partial charge < -0.3 is 15.1 Å².